The van der Waals surface area contributed by atoms with Crippen molar-refractivity contribution in [2.75, 3.05) is 12.4 Å². The predicted molar refractivity (Wildman–Crippen MR) is 100 cm³/mol. The number of benzene rings is 1. The van der Waals surface area contributed by atoms with Gasteiger partial charge in [0.05, 0.1) is 18.7 Å². The lowest BCUT2D eigenvalue weighted by Crippen LogP contribution is -2.20. The molecule has 7 nitrogen and oxygen atoms in total. The van der Waals surface area contributed by atoms with Crippen LogP contribution in [0.1, 0.15) is 27.6 Å². The van der Waals surface area contributed by atoms with Crippen molar-refractivity contribution in [1.29, 1.82) is 0 Å². The number of aromatic nitrogens is 3. The number of hydrogen-bond donors (Lipinski definition) is 2. The molecule has 3 rings (SSSR count). The van der Waals surface area contributed by atoms with Crippen molar-refractivity contribution in [3.8, 4) is 5.75 Å². The Morgan fingerprint density at radius 2 is 2.08 bits per heavy atom. The van der Waals surface area contributed by atoms with E-state index in [9.17, 15) is 9.59 Å². The number of halogens is 1. The molecule has 0 spiro atoms. The lowest BCUT2D eigenvalue weighted by atomic mass is 10.1. The number of hydrogen-bond acceptors (Lipinski definition) is 6. The van der Waals surface area contributed by atoms with Crippen LogP contribution >= 0.6 is 22.9 Å². The number of aromatic amines is 1. The molecular formula is C17H15ClN4O3S. The minimum Gasteiger partial charge on any atom is -0.497 e. The molecule has 0 fully saturated rings. The van der Waals surface area contributed by atoms with Crippen LogP contribution in [0.5, 0.6) is 5.75 Å². The van der Waals surface area contributed by atoms with Gasteiger partial charge in [-0.15, -0.1) is 22.9 Å². The molecule has 0 atom stereocenters. The zero-order valence-electron chi connectivity index (χ0n) is 13.8. The van der Waals surface area contributed by atoms with E-state index in [4.69, 9.17) is 16.3 Å². The summed E-state index contributed by atoms with van der Waals surface area (Å²) in [6.07, 6.45) is 0.383. The van der Waals surface area contributed by atoms with Gasteiger partial charge in [-0.25, -0.2) is 9.97 Å². The number of thiazole rings is 1. The maximum Gasteiger partial charge on any atom is 0.276 e. The second-order valence-corrected chi connectivity index (χ2v) is 6.46. The Kier molecular flexibility index (Phi) is 5.65. The minimum absolute atomic E-state index is 0.0277. The van der Waals surface area contributed by atoms with Crippen molar-refractivity contribution in [1.82, 2.24) is 15.0 Å². The van der Waals surface area contributed by atoms with Crippen molar-refractivity contribution < 1.29 is 9.53 Å². The molecule has 0 saturated carbocycles. The Morgan fingerprint density at radius 1 is 1.31 bits per heavy atom. The van der Waals surface area contributed by atoms with E-state index in [1.165, 1.54) is 11.3 Å². The molecular weight excluding hydrogens is 376 g/mol. The molecule has 2 heterocycles. The quantitative estimate of drug-likeness (QED) is 0.631. The highest BCUT2D eigenvalue weighted by atomic mass is 35.5. The normalized spacial score (nSPS) is 10.5. The average molecular weight is 391 g/mol. The zero-order valence-corrected chi connectivity index (χ0v) is 15.4. The number of carbonyl (C=O) groups excluding carboxylic acids is 1. The van der Waals surface area contributed by atoms with Gasteiger partial charge in [0.25, 0.3) is 11.5 Å². The van der Waals surface area contributed by atoms with E-state index < -0.39 is 11.5 Å². The van der Waals surface area contributed by atoms with Crippen molar-refractivity contribution >= 4 is 34.0 Å². The third kappa shape index (κ3) is 4.47. The van der Waals surface area contributed by atoms with Crippen LogP contribution in [0.15, 0.2) is 40.5 Å². The summed E-state index contributed by atoms with van der Waals surface area (Å²) in [5.41, 5.74) is 1.23. The summed E-state index contributed by atoms with van der Waals surface area (Å²) in [5, 5.41) is 4.78. The van der Waals surface area contributed by atoms with Gasteiger partial charge in [0, 0.05) is 17.9 Å². The number of carbonyl (C=O) groups is 1. The van der Waals surface area contributed by atoms with E-state index in [1.807, 2.05) is 24.3 Å². The molecule has 0 saturated heterocycles. The van der Waals surface area contributed by atoms with E-state index in [2.05, 4.69) is 20.3 Å². The summed E-state index contributed by atoms with van der Waals surface area (Å²) in [6.45, 7) is 0. The maximum atomic E-state index is 12.3. The standard InChI is InChI=1S/C17H15ClN4O3S/c1-25-12-4-2-10(3-5-12)6-14-20-13(7-15(23)21-14)16(24)22-17-19-11(8-18)9-26-17/h2-5,7,9H,6,8H2,1H3,(H,19,22,24)(H,20,21,23). The number of rotatable bonds is 6. The molecule has 0 unspecified atom stereocenters. The fourth-order valence-corrected chi connectivity index (χ4v) is 3.17. The van der Waals surface area contributed by atoms with Crippen LogP contribution in [0.25, 0.3) is 0 Å². The van der Waals surface area contributed by atoms with E-state index in [1.54, 1.807) is 12.5 Å². The number of nitrogens with one attached hydrogen (secondary N) is 2. The summed E-state index contributed by atoms with van der Waals surface area (Å²) < 4.78 is 5.12. The highest BCUT2D eigenvalue weighted by Gasteiger charge is 2.13. The first-order valence-corrected chi connectivity index (χ1v) is 9.03. The van der Waals surface area contributed by atoms with Crippen molar-refractivity contribution in [2.24, 2.45) is 0 Å². The van der Waals surface area contributed by atoms with Gasteiger partial charge in [-0.05, 0) is 17.7 Å². The van der Waals surface area contributed by atoms with Gasteiger partial charge in [-0.2, -0.15) is 0 Å². The van der Waals surface area contributed by atoms with Crippen LogP contribution in [-0.4, -0.2) is 28.0 Å². The molecule has 1 amide bonds. The number of alkyl halides is 1. The summed E-state index contributed by atoms with van der Waals surface area (Å²) in [7, 11) is 1.59. The van der Waals surface area contributed by atoms with Crippen molar-refractivity contribution in [3.05, 3.63) is 68.8 Å². The van der Waals surface area contributed by atoms with Crippen LogP contribution in [0, 0.1) is 0 Å². The number of nitrogens with zero attached hydrogens (tertiary/aromatic N) is 2. The van der Waals surface area contributed by atoms with E-state index >= 15 is 0 Å². The first kappa shape index (κ1) is 18.1. The fourth-order valence-electron chi connectivity index (χ4n) is 2.23. The zero-order chi connectivity index (χ0) is 18.5. The van der Waals surface area contributed by atoms with Crippen LogP contribution in [0.2, 0.25) is 0 Å². The third-order valence-electron chi connectivity index (χ3n) is 3.46. The van der Waals surface area contributed by atoms with E-state index in [0.29, 0.717) is 23.1 Å². The number of methoxy groups -OCH3 is 1. The molecule has 1 aromatic carbocycles. The molecule has 3 aromatic rings. The smallest absolute Gasteiger partial charge is 0.276 e. The lowest BCUT2D eigenvalue weighted by molar-refractivity contribution is 0.102. The summed E-state index contributed by atoms with van der Waals surface area (Å²) >= 11 is 6.96. The Balaban J connectivity index is 1.77. The molecule has 2 N–H and O–H groups in total. The second kappa shape index (κ2) is 8.11. The van der Waals surface area contributed by atoms with E-state index in [0.717, 1.165) is 17.4 Å². The highest BCUT2D eigenvalue weighted by molar-refractivity contribution is 7.14. The Hall–Kier alpha value is -2.71. The van der Waals surface area contributed by atoms with Gasteiger partial charge >= 0.3 is 0 Å². The van der Waals surface area contributed by atoms with Crippen molar-refractivity contribution in [2.45, 2.75) is 12.3 Å². The molecule has 134 valence electrons. The maximum absolute atomic E-state index is 12.3. The molecule has 0 aliphatic rings. The van der Waals surface area contributed by atoms with Crippen LogP contribution < -0.4 is 15.6 Å². The van der Waals surface area contributed by atoms with E-state index in [-0.39, 0.29) is 11.6 Å². The number of amides is 1. The third-order valence-corrected chi connectivity index (χ3v) is 4.54. The average Bonchev–Trinajstić information content (AvgIpc) is 3.09. The molecule has 0 radical (unpaired) electrons. The molecule has 0 bridgehead atoms. The Morgan fingerprint density at radius 3 is 2.73 bits per heavy atom. The van der Waals surface area contributed by atoms with Crippen LogP contribution in [0.3, 0.4) is 0 Å². The number of anilines is 1. The number of ether oxygens (including phenoxy) is 1. The summed E-state index contributed by atoms with van der Waals surface area (Å²) in [5.74, 6) is 0.904. The predicted octanol–water partition coefficient (Wildman–Crippen LogP) is 2.82. The SMILES string of the molecule is COc1ccc(Cc2nc(C(=O)Nc3nc(CCl)cs3)cc(=O)[nH]2)cc1. The molecule has 2 aromatic heterocycles. The van der Waals surface area contributed by atoms with Gasteiger partial charge in [-0.1, -0.05) is 12.1 Å². The molecule has 26 heavy (non-hydrogen) atoms. The Bertz CT molecular complexity index is 969. The summed E-state index contributed by atoms with van der Waals surface area (Å²) in [6, 6.07) is 8.54. The second-order valence-electron chi connectivity index (χ2n) is 5.33. The fraction of sp³-hybridized carbons (Fsp3) is 0.176. The van der Waals surface area contributed by atoms with Gasteiger partial charge in [0.1, 0.15) is 17.3 Å². The molecule has 9 heteroatoms. The number of H-pyrrole nitrogens is 1. The molecule has 0 aliphatic carbocycles. The van der Waals surface area contributed by atoms with Crippen LogP contribution in [0.4, 0.5) is 5.13 Å². The first-order chi connectivity index (χ1) is 12.6. The van der Waals surface area contributed by atoms with Crippen LogP contribution in [-0.2, 0) is 12.3 Å². The summed E-state index contributed by atoms with van der Waals surface area (Å²) in [4.78, 5) is 35.3. The minimum atomic E-state index is -0.498. The van der Waals surface area contributed by atoms with Gasteiger partial charge in [0.15, 0.2) is 5.13 Å². The molecule has 0 aliphatic heterocycles. The largest absolute Gasteiger partial charge is 0.497 e. The van der Waals surface area contributed by atoms with Crippen molar-refractivity contribution in [3.63, 3.8) is 0 Å². The highest BCUT2D eigenvalue weighted by Crippen LogP contribution is 2.17. The van der Waals surface area contributed by atoms with Gasteiger partial charge < -0.3 is 9.72 Å². The first-order valence-electron chi connectivity index (χ1n) is 7.62. The monoisotopic (exact) mass is 390 g/mol. The lowest BCUT2D eigenvalue weighted by Gasteiger charge is -2.05. The van der Waals surface area contributed by atoms with Gasteiger partial charge in [0.2, 0.25) is 0 Å². The topological polar surface area (TPSA) is 97.0 Å². The Labute approximate surface area is 158 Å². The van der Waals surface area contributed by atoms with Gasteiger partial charge in [-0.3, -0.25) is 14.9 Å².